The molecule has 1 fully saturated rings. The third-order valence-electron chi connectivity index (χ3n) is 5.71. The summed E-state index contributed by atoms with van der Waals surface area (Å²) >= 11 is 0. The van der Waals surface area contributed by atoms with Crippen LogP contribution in [-0.4, -0.2) is 38.7 Å². The Kier molecular flexibility index (Phi) is 6.38. The number of aromatic hydroxyl groups is 1. The molecule has 2 amide bonds. The standard InChI is InChI=1S/C22H23F4N3O4/c1-3-20(2,33)14-11-15(23)12(8-17(14)30)9-18(31)28-13-4-7-27-16(10-13)19(32)29-21(5-6-21)22(24,25)26/h4,7-8,10-11,30,33H,3,5-6,9H2,1-2H3,(H,29,32)(H,27,28,31)/t20-/m0/s1. The summed E-state index contributed by atoms with van der Waals surface area (Å²) in [6.07, 6.45) is -4.13. The quantitative estimate of drug-likeness (QED) is 0.464. The Morgan fingerprint density at radius 3 is 2.45 bits per heavy atom. The topological polar surface area (TPSA) is 112 Å². The Morgan fingerprint density at radius 2 is 1.88 bits per heavy atom. The average molecular weight is 469 g/mol. The summed E-state index contributed by atoms with van der Waals surface area (Å²) in [5.41, 5.74) is -4.09. The minimum atomic E-state index is -4.58. The second kappa shape index (κ2) is 8.62. The Morgan fingerprint density at radius 1 is 1.21 bits per heavy atom. The predicted molar refractivity (Wildman–Crippen MR) is 110 cm³/mol. The van der Waals surface area contributed by atoms with Crippen LogP contribution in [0.2, 0.25) is 0 Å². The van der Waals surface area contributed by atoms with E-state index in [4.69, 9.17) is 0 Å². The van der Waals surface area contributed by atoms with Crippen molar-refractivity contribution in [2.24, 2.45) is 0 Å². The molecule has 0 bridgehead atoms. The lowest BCUT2D eigenvalue weighted by molar-refractivity contribution is -0.163. The monoisotopic (exact) mass is 469 g/mol. The van der Waals surface area contributed by atoms with Crippen LogP contribution in [0.25, 0.3) is 0 Å². The number of alkyl halides is 3. The third kappa shape index (κ3) is 5.24. The maximum atomic E-state index is 14.5. The SMILES string of the molecule is CC[C@](C)(O)c1cc(F)c(CC(=O)Nc2ccnc(C(=O)NC3(C(F)(F)F)CC3)c2)cc1O. The lowest BCUT2D eigenvalue weighted by Gasteiger charge is -2.23. The van der Waals surface area contributed by atoms with Crippen LogP contribution in [0.5, 0.6) is 5.75 Å². The number of benzene rings is 1. The van der Waals surface area contributed by atoms with Crippen LogP contribution >= 0.6 is 0 Å². The van der Waals surface area contributed by atoms with Gasteiger partial charge < -0.3 is 20.8 Å². The molecule has 0 aliphatic heterocycles. The Labute approximate surface area is 186 Å². The van der Waals surface area contributed by atoms with E-state index in [1.165, 1.54) is 13.0 Å². The maximum absolute atomic E-state index is 14.5. The molecule has 1 aliphatic carbocycles. The Bertz CT molecular complexity index is 1080. The van der Waals surface area contributed by atoms with E-state index < -0.39 is 41.4 Å². The minimum absolute atomic E-state index is 0.0104. The highest BCUT2D eigenvalue weighted by Gasteiger charge is 2.64. The van der Waals surface area contributed by atoms with Gasteiger partial charge in [0.2, 0.25) is 5.91 Å². The van der Waals surface area contributed by atoms with E-state index in [1.807, 2.05) is 5.32 Å². The summed E-state index contributed by atoms with van der Waals surface area (Å²) in [4.78, 5) is 28.3. The second-order valence-electron chi connectivity index (χ2n) is 8.28. The van der Waals surface area contributed by atoms with Gasteiger partial charge in [0.05, 0.1) is 12.0 Å². The van der Waals surface area contributed by atoms with E-state index in [1.54, 1.807) is 6.92 Å². The number of nitrogens with one attached hydrogen (secondary N) is 2. The van der Waals surface area contributed by atoms with Crippen molar-refractivity contribution in [3.05, 3.63) is 53.1 Å². The largest absolute Gasteiger partial charge is 0.508 e. The van der Waals surface area contributed by atoms with Crippen molar-refractivity contribution in [1.82, 2.24) is 10.3 Å². The molecule has 11 heteroatoms. The first-order valence-corrected chi connectivity index (χ1v) is 10.2. The smallest absolute Gasteiger partial charge is 0.411 e. The number of hydrogen-bond donors (Lipinski definition) is 4. The Balaban J connectivity index is 1.69. The minimum Gasteiger partial charge on any atom is -0.508 e. The summed E-state index contributed by atoms with van der Waals surface area (Å²) < 4.78 is 53.6. The molecule has 0 spiro atoms. The van der Waals surface area contributed by atoms with Gasteiger partial charge in [-0.25, -0.2) is 4.39 Å². The number of amides is 2. The van der Waals surface area contributed by atoms with Crippen LogP contribution in [0, 0.1) is 5.82 Å². The summed E-state index contributed by atoms with van der Waals surface area (Å²) in [5.74, 6) is -2.90. The number of carbonyl (C=O) groups excluding carboxylic acids is 2. The fourth-order valence-electron chi connectivity index (χ4n) is 3.26. The van der Waals surface area contributed by atoms with Gasteiger partial charge in [-0.05, 0) is 50.5 Å². The molecule has 178 valence electrons. The van der Waals surface area contributed by atoms with Crippen LogP contribution in [0.15, 0.2) is 30.5 Å². The molecule has 2 aromatic rings. The van der Waals surface area contributed by atoms with Gasteiger partial charge in [0, 0.05) is 23.0 Å². The van der Waals surface area contributed by atoms with Crippen molar-refractivity contribution in [3.63, 3.8) is 0 Å². The van der Waals surface area contributed by atoms with Gasteiger partial charge in [0.15, 0.2) is 0 Å². The van der Waals surface area contributed by atoms with Crippen LogP contribution in [0.3, 0.4) is 0 Å². The first kappa shape index (κ1) is 24.4. The molecule has 7 nitrogen and oxygen atoms in total. The first-order chi connectivity index (χ1) is 15.3. The number of nitrogens with zero attached hydrogens (tertiary/aromatic N) is 1. The van der Waals surface area contributed by atoms with Crippen molar-refractivity contribution in [3.8, 4) is 5.75 Å². The van der Waals surface area contributed by atoms with Crippen LogP contribution < -0.4 is 10.6 Å². The van der Waals surface area contributed by atoms with E-state index in [-0.39, 0.29) is 47.5 Å². The van der Waals surface area contributed by atoms with E-state index >= 15 is 0 Å². The fraction of sp³-hybridized carbons (Fsp3) is 0.409. The highest BCUT2D eigenvalue weighted by molar-refractivity contribution is 5.96. The zero-order chi connectivity index (χ0) is 24.6. The molecule has 1 atom stereocenters. The van der Waals surface area contributed by atoms with E-state index in [9.17, 15) is 37.4 Å². The van der Waals surface area contributed by atoms with E-state index in [0.29, 0.717) is 0 Å². The van der Waals surface area contributed by atoms with Gasteiger partial charge in [0.1, 0.15) is 22.8 Å². The molecule has 0 unspecified atom stereocenters. The Hall–Kier alpha value is -3.21. The molecule has 0 saturated heterocycles. The molecule has 1 heterocycles. The molecule has 0 radical (unpaired) electrons. The number of aliphatic hydroxyl groups is 1. The number of carbonyl (C=O) groups is 2. The first-order valence-electron chi connectivity index (χ1n) is 10.2. The molecular formula is C22H23F4N3O4. The number of rotatable bonds is 7. The molecule has 4 N–H and O–H groups in total. The molecule has 33 heavy (non-hydrogen) atoms. The van der Waals surface area contributed by atoms with Gasteiger partial charge in [-0.1, -0.05) is 6.92 Å². The van der Waals surface area contributed by atoms with Crippen molar-refractivity contribution >= 4 is 17.5 Å². The average Bonchev–Trinajstić information content (AvgIpc) is 3.51. The third-order valence-corrected chi connectivity index (χ3v) is 5.71. The van der Waals surface area contributed by atoms with Gasteiger partial charge in [-0.3, -0.25) is 14.6 Å². The van der Waals surface area contributed by atoms with E-state index in [0.717, 1.165) is 24.4 Å². The molecule has 1 aliphatic rings. The molecule has 1 aromatic carbocycles. The van der Waals surface area contributed by atoms with Crippen LogP contribution in [-0.2, 0) is 16.8 Å². The van der Waals surface area contributed by atoms with Crippen molar-refractivity contribution in [2.45, 2.75) is 56.8 Å². The number of anilines is 1. The summed E-state index contributed by atoms with van der Waals surface area (Å²) in [5, 5.41) is 24.8. The normalized spacial score (nSPS) is 16.6. The number of hydrogen-bond acceptors (Lipinski definition) is 5. The zero-order valence-electron chi connectivity index (χ0n) is 17.9. The number of phenols is 1. The maximum Gasteiger partial charge on any atom is 0.411 e. The second-order valence-corrected chi connectivity index (χ2v) is 8.28. The molecule has 1 aromatic heterocycles. The van der Waals surface area contributed by atoms with Crippen molar-refractivity contribution in [2.75, 3.05) is 5.32 Å². The molecule has 1 saturated carbocycles. The summed E-state index contributed by atoms with van der Waals surface area (Å²) in [7, 11) is 0. The highest BCUT2D eigenvalue weighted by Crippen LogP contribution is 2.49. The van der Waals surface area contributed by atoms with Gasteiger partial charge in [0.25, 0.3) is 5.91 Å². The number of pyridine rings is 1. The van der Waals surface area contributed by atoms with Crippen LogP contribution in [0.4, 0.5) is 23.2 Å². The van der Waals surface area contributed by atoms with Gasteiger partial charge in [-0.2, -0.15) is 13.2 Å². The lowest BCUT2D eigenvalue weighted by atomic mass is 9.91. The van der Waals surface area contributed by atoms with Crippen LogP contribution in [0.1, 0.15) is 54.7 Å². The number of aromatic nitrogens is 1. The summed E-state index contributed by atoms with van der Waals surface area (Å²) in [6, 6.07) is 4.44. The highest BCUT2D eigenvalue weighted by atomic mass is 19.4. The van der Waals surface area contributed by atoms with E-state index in [2.05, 4.69) is 10.3 Å². The zero-order valence-corrected chi connectivity index (χ0v) is 17.9. The number of phenolic OH excluding ortho intramolecular Hbond substituents is 1. The predicted octanol–water partition coefficient (Wildman–Crippen LogP) is 3.55. The summed E-state index contributed by atoms with van der Waals surface area (Å²) in [6.45, 7) is 3.08. The van der Waals surface area contributed by atoms with Gasteiger partial charge >= 0.3 is 6.18 Å². The van der Waals surface area contributed by atoms with Crippen molar-refractivity contribution in [1.29, 1.82) is 0 Å². The molecular weight excluding hydrogens is 446 g/mol. The fourth-order valence-corrected chi connectivity index (χ4v) is 3.26. The van der Waals surface area contributed by atoms with Crippen molar-refractivity contribution < 1.29 is 37.4 Å². The number of halogens is 4. The van der Waals surface area contributed by atoms with Gasteiger partial charge in [-0.15, -0.1) is 0 Å². The molecule has 3 rings (SSSR count). The lowest BCUT2D eigenvalue weighted by Crippen LogP contribution is -2.48.